The van der Waals surface area contributed by atoms with Crippen molar-refractivity contribution in [3.63, 3.8) is 0 Å². The predicted molar refractivity (Wildman–Crippen MR) is 187 cm³/mol. The number of Topliss-reactive ketones (excluding diaryl/α,β-unsaturated/α-hetero) is 2. The van der Waals surface area contributed by atoms with Gasteiger partial charge in [-0.25, -0.2) is 4.79 Å². The van der Waals surface area contributed by atoms with Gasteiger partial charge in [0.05, 0.1) is 6.04 Å². The van der Waals surface area contributed by atoms with Gasteiger partial charge < -0.3 is 26.0 Å². The van der Waals surface area contributed by atoms with E-state index in [4.69, 9.17) is 4.74 Å². The van der Waals surface area contributed by atoms with Gasteiger partial charge in [0.25, 0.3) is 5.91 Å². The van der Waals surface area contributed by atoms with Crippen molar-refractivity contribution in [2.75, 3.05) is 5.32 Å². The number of hydrogen-bond donors (Lipinski definition) is 4. The third-order valence-corrected chi connectivity index (χ3v) is 7.53. The van der Waals surface area contributed by atoms with Gasteiger partial charge in [-0.15, -0.1) is 0 Å². The van der Waals surface area contributed by atoms with Gasteiger partial charge in [-0.05, 0) is 54.9 Å². The number of ketones is 2. The van der Waals surface area contributed by atoms with Crippen molar-refractivity contribution in [3.8, 4) is 0 Å². The Morgan fingerprint density at radius 3 is 1.78 bits per heavy atom. The van der Waals surface area contributed by atoms with Crippen LogP contribution in [0.2, 0.25) is 0 Å². The largest absolute Gasteiger partial charge is 0.445 e. The van der Waals surface area contributed by atoms with E-state index in [2.05, 4.69) is 21.3 Å². The van der Waals surface area contributed by atoms with Crippen LogP contribution in [0.25, 0.3) is 0 Å². The van der Waals surface area contributed by atoms with Crippen LogP contribution in [0.1, 0.15) is 68.9 Å². The fourth-order valence-electron chi connectivity index (χ4n) is 5.08. The minimum absolute atomic E-state index is 0.00858. The molecular formula is C38H46N4O7. The number of benzene rings is 3. The summed E-state index contributed by atoms with van der Waals surface area (Å²) in [4.78, 5) is 78.5. The smallest absolute Gasteiger partial charge is 0.408 e. The summed E-state index contributed by atoms with van der Waals surface area (Å²) in [6.45, 7) is 8.91. The Kier molecular flexibility index (Phi) is 14.7. The lowest BCUT2D eigenvalue weighted by molar-refractivity contribution is -0.138. The van der Waals surface area contributed by atoms with Gasteiger partial charge >= 0.3 is 6.09 Å². The lowest BCUT2D eigenvalue weighted by atomic mass is 9.98. The van der Waals surface area contributed by atoms with Crippen molar-refractivity contribution in [2.24, 2.45) is 11.8 Å². The van der Waals surface area contributed by atoms with Gasteiger partial charge in [0.1, 0.15) is 18.7 Å². The number of anilines is 1. The van der Waals surface area contributed by atoms with E-state index < -0.39 is 47.7 Å². The van der Waals surface area contributed by atoms with Gasteiger partial charge in [0.2, 0.25) is 17.6 Å². The molecule has 0 aliphatic heterocycles. The zero-order valence-electron chi connectivity index (χ0n) is 28.7. The summed E-state index contributed by atoms with van der Waals surface area (Å²) in [5, 5.41) is 10.6. The van der Waals surface area contributed by atoms with Crippen LogP contribution >= 0.6 is 0 Å². The molecule has 3 aromatic carbocycles. The lowest BCUT2D eigenvalue weighted by Crippen LogP contribution is -2.57. The van der Waals surface area contributed by atoms with Crippen LogP contribution in [0, 0.1) is 11.8 Å². The van der Waals surface area contributed by atoms with Crippen LogP contribution in [-0.4, -0.2) is 53.5 Å². The molecule has 260 valence electrons. The first-order chi connectivity index (χ1) is 23.3. The SMILES string of the molecule is CC(=O)c1cccc(NC(=O)C(=O)[C@H](CC(C)C)NC(=O)[C@H](Cc2ccccc2)NC(=O)[C@H](CC(C)C)NC(=O)OCc2ccccc2)c1. The van der Waals surface area contributed by atoms with E-state index in [1.807, 2.05) is 64.1 Å². The number of hydrogen-bond acceptors (Lipinski definition) is 7. The average molecular weight is 671 g/mol. The molecule has 0 bridgehead atoms. The van der Waals surface area contributed by atoms with Crippen LogP contribution in [0.15, 0.2) is 84.9 Å². The maximum Gasteiger partial charge on any atom is 0.408 e. The monoisotopic (exact) mass is 670 g/mol. The fourth-order valence-corrected chi connectivity index (χ4v) is 5.08. The predicted octanol–water partition coefficient (Wildman–Crippen LogP) is 5.00. The van der Waals surface area contributed by atoms with E-state index >= 15 is 0 Å². The summed E-state index contributed by atoms with van der Waals surface area (Å²) in [6.07, 6.45) is -0.276. The number of amides is 4. The Bertz CT molecular complexity index is 1590. The third-order valence-electron chi connectivity index (χ3n) is 7.53. The topological polar surface area (TPSA) is 160 Å². The zero-order chi connectivity index (χ0) is 35.9. The summed E-state index contributed by atoms with van der Waals surface area (Å²) in [7, 11) is 0. The quantitative estimate of drug-likeness (QED) is 0.116. The highest BCUT2D eigenvalue weighted by molar-refractivity contribution is 6.42. The van der Waals surface area contributed by atoms with Gasteiger partial charge in [-0.2, -0.15) is 0 Å². The maximum absolute atomic E-state index is 13.8. The number of ether oxygens (including phenoxy) is 1. The fraction of sp³-hybridized carbons (Fsp3) is 0.368. The van der Waals surface area contributed by atoms with Gasteiger partial charge in [0.15, 0.2) is 5.78 Å². The molecule has 0 fully saturated rings. The molecule has 11 heteroatoms. The van der Waals surface area contributed by atoms with Crippen LogP contribution in [0.4, 0.5) is 10.5 Å². The standard InChI is InChI=1S/C38H46N4O7/c1-24(2)19-31(34(44)37(47)39-30-18-12-17-29(22-30)26(5)43)40-36(46)33(21-27-13-8-6-9-14-27)41-35(45)32(20-25(3)4)42-38(48)49-23-28-15-10-7-11-16-28/h6-18,22,24-25,31-33H,19-21,23H2,1-5H3,(H,39,47)(H,40,46)(H,41,45)(H,42,48)/t31-,32-,33-/m0/s1. The molecule has 0 heterocycles. The molecular weight excluding hydrogens is 624 g/mol. The van der Waals surface area contributed by atoms with Crippen molar-refractivity contribution in [3.05, 3.63) is 102 Å². The van der Waals surface area contributed by atoms with Crippen LogP contribution < -0.4 is 21.3 Å². The Morgan fingerprint density at radius 2 is 1.18 bits per heavy atom. The molecule has 0 saturated carbocycles. The molecule has 0 spiro atoms. The molecule has 3 aromatic rings. The second-order valence-corrected chi connectivity index (χ2v) is 12.8. The molecule has 0 aliphatic rings. The lowest BCUT2D eigenvalue weighted by Gasteiger charge is -2.26. The van der Waals surface area contributed by atoms with Crippen LogP contribution in [0.5, 0.6) is 0 Å². The van der Waals surface area contributed by atoms with Crippen molar-refractivity contribution in [1.82, 2.24) is 16.0 Å². The maximum atomic E-state index is 13.8. The van der Waals surface area contributed by atoms with E-state index in [1.165, 1.54) is 13.0 Å². The second-order valence-electron chi connectivity index (χ2n) is 12.8. The Hall–Kier alpha value is -5.32. The minimum Gasteiger partial charge on any atom is -0.445 e. The Morgan fingerprint density at radius 1 is 0.633 bits per heavy atom. The summed E-state index contributed by atoms with van der Waals surface area (Å²) in [5.74, 6) is -3.37. The van der Waals surface area contributed by atoms with E-state index in [1.54, 1.807) is 42.5 Å². The number of rotatable bonds is 17. The number of alkyl carbamates (subject to hydrolysis) is 1. The van der Waals surface area contributed by atoms with Crippen molar-refractivity contribution in [1.29, 1.82) is 0 Å². The van der Waals surface area contributed by atoms with Crippen molar-refractivity contribution in [2.45, 2.75) is 78.6 Å². The summed E-state index contributed by atoms with van der Waals surface area (Å²) < 4.78 is 5.34. The molecule has 0 unspecified atom stereocenters. The molecule has 4 N–H and O–H groups in total. The van der Waals surface area contributed by atoms with Gasteiger partial charge in [0, 0.05) is 17.7 Å². The highest BCUT2D eigenvalue weighted by Gasteiger charge is 2.33. The third kappa shape index (κ3) is 13.0. The minimum atomic E-state index is -1.20. The van der Waals surface area contributed by atoms with Gasteiger partial charge in [-0.3, -0.25) is 24.0 Å². The molecule has 3 rings (SSSR count). The molecule has 4 amide bonds. The van der Waals surface area contributed by atoms with Gasteiger partial charge in [-0.1, -0.05) is 100 Å². The summed E-state index contributed by atoms with van der Waals surface area (Å²) in [5.41, 5.74) is 2.16. The first-order valence-electron chi connectivity index (χ1n) is 16.4. The molecule has 0 aromatic heterocycles. The van der Waals surface area contributed by atoms with Crippen molar-refractivity contribution < 1.29 is 33.5 Å². The molecule has 0 radical (unpaired) electrons. The van der Waals surface area contributed by atoms with Crippen molar-refractivity contribution >= 4 is 41.1 Å². The summed E-state index contributed by atoms with van der Waals surface area (Å²) >= 11 is 0. The number of carbonyl (C=O) groups is 6. The van der Waals surface area contributed by atoms with Crippen LogP contribution in [-0.2, 0) is 36.9 Å². The van der Waals surface area contributed by atoms with E-state index in [0.29, 0.717) is 5.56 Å². The van der Waals surface area contributed by atoms with E-state index in [-0.39, 0.29) is 49.2 Å². The van der Waals surface area contributed by atoms with E-state index in [0.717, 1.165) is 11.1 Å². The first kappa shape index (κ1) is 38.1. The zero-order valence-corrected chi connectivity index (χ0v) is 28.7. The summed E-state index contributed by atoms with van der Waals surface area (Å²) in [6, 6.07) is 21.0. The van der Waals surface area contributed by atoms with E-state index in [9.17, 15) is 28.8 Å². The average Bonchev–Trinajstić information content (AvgIpc) is 3.06. The molecule has 49 heavy (non-hydrogen) atoms. The molecule has 0 aliphatic carbocycles. The highest BCUT2D eigenvalue weighted by Crippen LogP contribution is 2.14. The van der Waals surface area contributed by atoms with Crippen LogP contribution in [0.3, 0.4) is 0 Å². The molecule has 11 nitrogen and oxygen atoms in total. The molecule has 0 saturated heterocycles. The first-order valence-corrected chi connectivity index (χ1v) is 16.4. The molecule has 3 atom stereocenters. The second kappa shape index (κ2) is 18.9. The normalized spacial score (nSPS) is 12.7. The Balaban J connectivity index is 1.78. The highest BCUT2D eigenvalue weighted by atomic mass is 16.5. The number of carbonyl (C=O) groups excluding carboxylic acids is 6. The Labute approximate surface area is 287 Å². The number of nitrogens with one attached hydrogen (secondary N) is 4.